The molecule has 0 aliphatic rings. The van der Waals surface area contributed by atoms with E-state index in [1.54, 1.807) is 0 Å². The zero-order chi connectivity index (χ0) is 13.8. The molecule has 0 saturated carbocycles. The number of hydrogen-bond donors (Lipinski definition) is 3. The van der Waals surface area contributed by atoms with E-state index in [1.807, 2.05) is 11.4 Å². The van der Waals surface area contributed by atoms with Gasteiger partial charge in [0.05, 0.1) is 12.1 Å². The summed E-state index contributed by atoms with van der Waals surface area (Å²) in [7, 11) is 0. The first-order chi connectivity index (χ1) is 9.11. The molecule has 104 valence electrons. The van der Waals surface area contributed by atoms with Crippen molar-refractivity contribution in [2.24, 2.45) is 5.92 Å². The molecule has 3 N–H and O–H groups in total. The fourth-order valence-electron chi connectivity index (χ4n) is 2.04. The minimum Gasteiger partial charge on any atom is -0.396 e. The zero-order valence-corrected chi connectivity index (χ0v) is 12.0. The lowest BCUT2D eigenvalue weighted by molar-refractivity contribution is 0.243. The minimum absolute atomic E-state index is 0.0833. The Bertz CT molecular complexity index is 591. The largest absolute Gasteiger partial charge is 0.396 e. The van der Waals surface area contributed by atoms with Gasteiger partial charge in [0.15, 0.2) is 0 Å². The maximum atomic E-state index is 11.8. The molecule has 1 atom stereocenters. The van der Waals surface area contributed by atoms with Gasteiger partial charge in [-0.25, -0.2) is 4.98 Å². The van der Waals surface area contributed by atoms with Gasteiger partial charge in [-0.15, -0.1) is 11.3 Å². The van der Waals surface area contributed by atoms with Crippen molar-refractivity contribution in [2.45, 2.75) is 32.9 Å². The third-order valence-electron chi connectivity index (χ3n) is 3.14. The molecule has 2 aromatic rings. The lowest BCUT2D eigenvalue weighted by Crippen LogP contribution is -2.35. The zero-order valence-electron chi connectivity index (χ0n) is 11.1. The Labute approximate surface area is 115 Å². The highest BCUT2D eigenvalue weighted by atomic mass is 32.1. The molecular formula is C13H19N3O2S. The van der Waals surface area contributed by atoms with Gasteiger partial charge in [0.1, 0.15) is 10.5 Å². The highest BCUT2D eigenvalue weighted by molar-refractivity contribution is 7.17. The van der Waals surface area contributed by atoms with Crippen LogP contribution in [0.25, 0.3) is 10.2 Å². The van der Waals surface area contributed by atoms with Gasteiger partial charge in [0.25, 0.3) is 5.56 Å². The van der Waals surface area contributed by atoms with Crippen LogP contribution in [0.4, 0.5) is 0 Å². The van der Waals surface area contributed by atoms with Crippen LogP contribution in [-0.2, 0) is 6.54 Å². The number of aromatic amines is 1. The summed E-state index contributed by atoms with van der Waals surface area (Å²) in [6.07, 6.45) is 0.697. The molecule has 2 rings (SSSR count). The van der Waals surface area contributed by atoms with Crippen molar-refractivity contribution in [3.05, 3.63) is 27.6 Å². The number of nitrogens with zero attached hydrogens (tertiary/aromatic N) is 1. The molecule has 0 fully saturated rings. The number of H-pyrrole nitrogens is 1. The fraction of sp³-hybridized carbons (Fsp3) is 0.538. The van der Waals surface area contributed by atoms with E-state index in [-0.39, 0.29) is 18.2 Å². The second-order valence-electron chi connectivity index (χ2n) is 4.89. The lowest BCUT2D eigenvalue weighted by Gasteiger charge is -2.21. The molecule has 0 spiro atoms. The van der Waals surface area contributed by atoms with Crippen LogP contribution in [0.15, 0.2) is 16.2 Å². The molecule has 0 amide bonds. The molecule has 19 heavy (non-hydrogen) atoms. The number of aliphatic hydroxyl groups excluding tert-OH is 1. The Kier molecular flexibility index (Phi) is 4.68. The van der Waals surface area contributed by atoms with E-state index in [0.717, 1.165) is 5.52 Å². The third-order valence-corrected chi connectivity index (χ3v) is 4.04. The predicted octanol–water partition coefficient (Wildman–Crippen LogP) is 1.48. The Morgan fingerprint density at radius 3 is 3.00 bits per heavy atom. The molecular weight excluding hydrogens is 262 g/mol. The summed E-state index contributed by atoms with van der Waals surface area (Å²) >= 11 is 1.40. The molecule has 2 heterocycles. The molecule has 5 nitrogen and oxygen atoms in total. The molecule has 0 bridgehead atoms. The molecule has 0 aliphatic heterocycles. The Hall–Kier alpha value is -1.24. The first-order valence-corrected chi connectivity index (χ1v) is 7.30. The standard InChI is InChI=1S/C13H19N3O2S/c1-8(2)9(3-5-17)14-7-11-15-10-4-6-19-12(10)13(18)16-11/h4,6,8-9,14,17H,3,5,7H2,1-2H3,(H,15,16,18). The van der Waals surface area contributed by atoms with Crippen molar-refractivity contribution in [3.63, 3.8) is 0 Å². The number of nitrogens with one attached hydrogen (secondary N) is 2. The number of aromatic nitrogens is 2. The van der Waals surface area contributed by atoms with Crippen LogP contribution in [0, 0.1) is 5.92 Å². The van der Waals surface area contributed by atoms with Crippen LogP contribution < -0.4 is 10.9 Å². The second kappa shape index (κ2) is 6.27. The summed E-state index contributed by atoms with van der Waals surface area (Å²) in [4.78, 5) is 19.0. The van der Waals surface area contributed by atoms with Crippen molar-refractivity contribution >= 4 is 21.6 Å². The molecule has 0 aromatic carbocycles. The minimum atomic E-state index is -0.0833. The van der Waals surface area contributed by atoms with Gasteiger partial charge in [0, 0.05) is 12.6 Å². The highest BCUT2D eigenvalue weighted by Crippen LogP contribution is 2.13. The van der Waals surface area contributed by atoms with Crippen molar-refractivity contribution in [1.29, 1.82) is 0 Å². The van der Waals surface area contributed by atoms with E-state index < -0.39 is 0 Å². The number of thiophene rings is 1. The Morgan fingerprint density at radius 1 is 1.53 bits per heavy atom. The van der Waals surface area contributed by atoms with Crippen molar-refractivity contribution in [1.82, 2.24) is 15.3 Å². The van der Waals surface area contributed by atoms with E-state index in [9.17, 15) is 4.79 Å². The van der Waals surface area contributed by atoms with Crippen molar-refractivity contribution in [3.8, 4) is 0 Å². The first kappa shape index (κ1) is 14.2. The SMILES string of the molecule is CC(C)C(CCO)NCc1nc2ccsc2c(=O)[nH]1. The molecule has 0 radical (unpaired) electrons. The molecule has 0 aliphatic carbocycles. The molecule has 2 aromatic heterocycles. The van der Waals surface area contributed by atoms with E-state index in [1.165, 1.54) is 11.3 Å². The molecule has 6 heteroatoms. The van der Waals surface area contributed by atoms with Crippen LogP contribution >= 0.6 is 11.3 Å². The van der Waals surface area contributed by atoms with Gasteiger partial charge in [0.2, 0.25) is 0 Å². The monoisotopic (exact) mass is 281 g/mol. The van der Waals surface area contributed by atoms with Crippen LogP contribution in [0.1, 0.15) is 26.1 Å². The maximum absolute atomic E-state index is 11.8. The summed E-state index contributed by atoms with van der Waals surface area (Å²) in [6, 6.07) is 2.07. The van der Waals surface area contributed by atoms with E-state index >= 15 is 0 Å². The van der Waals surface area contributed by atoms with E-state index in [4.69, 9.17) is 5.11 Å². The Morgan fingerprint density at radius 2 is 2.32 bits per heavy atom. The summed E-state index contributed by atoms with van der Waals surface area (Å²) in [6.45, 7) is 4.87. The number of fused-ring (bicyclic) bond motifs is 1. The summed E-state index contributed by atoms with van der Waals surface area (Å²) in [5.74, 6) is 1.06. The first-order valence-electron chi connectivity index (χ1n) is 6.42. The van der Waals surface area contributed by atoms with Crippen LogP contribution in [0.2, 0.25) is 0 Å². The van der Waals surface area contributed by atoms with Gasteiger partial charge >= 0.3 is 0 Å². The summed E-state index contributed by atoms with van der Waals surface area (Å²) < 4.78 is 0.666. The topological polar surface area (TPSA) is 78.0 Å². The number of rotatable bonds is 6. The summed E-state index contributed by atoms with van der Waals surface area (Å²) in [5, 5.41) is 14.2. The lowest BCUT2D eigenvalue weighted by atomic mass is 10.0. The quantitative estimate of drug-likeness (QED) is 0.749. The fourth-order valence-corrected chi connectivity index (χ4v) is 2.77. The van der Waals surface area contributed by atoms with Crippen molar-refractivity contribution < 1.29 is 5.11 Å². The summed E-state index contributed by atoms with van der Waals surface area (Å²) in [5.41, 5.74) is 0.661. The maximum Gasteiger partial charge on any atom is 0.268 e. The third kappa shape index (κ3) is 3.40. The highest BCUT2D eigenvalue weighted by Gasteiger charge is 2.13. The van der Waals surface area contributed by atoms with E-state index in [2.05, 4.69) is 29.1 Å². The molecule has 0 saturated heterocycles. The van der Waals surface area contributed by atoms with E-state index in [0.29, 0.717) is 29.4 Å². The second-order valence-corrected chi connectivity index (χ2v) is 5.81. The predicted molar refractivity (Wildman–Crippen MR) is 77.4 cm³/mol. The normalized spacial score (nSPS) is 13.3. The average Bonchev–Trinajstić information content (AvgIpc) is 2.82. The van der Waals surface area contributed by atoms with Gasteiger partial charge < -0.3 is 15.4 Å². The van der Waals surface area contributed by atoms with Crippen LogP contribution in [0.5, 0.6) is 0 Å². The number of hydrogen-bond acceptors (Lipinski definition) is 5. The number of aliphatic hydroxyl groups is 1. The van der Waals surface area contributed by atoms with Gasteiger partial charge in [-0.05, 0) is 23.8 Å². The van der Waals surface area contributed by atoms with Gasteiger partial charge in [-0.1, -0.05) is 13.8 Å². The van der Waals surface area contributed by atoms with Gasteiger partial charge in [-0.2, -0.15) is 0 Å². The van der Waals surface area contributed by atoms with Crippen LogP contribution in [0.3, 0.4) is 0 Å². The van der Waals surface area contributed by atoms with Crippen molar-refractivity contribution in [2.75, 3.05) is 6.61 Å². The van der Waals surface area contributed by atoms with Crippen LogP contribution in [-0.4, -0.2) is 27.7 Å². The molecule has 1 unspecified atom stereocenters. The van der Waals surface area contributed by atoms with Gasteiger partial charge in [-0.3, -0.25) is 4.79 Å². The smallest absolute Gasteiger partial charge is 0.268 e. The average molecular weight is 281 g/mol. The Balaban J connectivity index is 2.10.